The molecule has 3 nitrogen and oxygen atoms in total. The Balaban J connectivity index is 2.56. The summed E-state index contributed by atoms with van der Waals surface area (Å²) in [4.78, 5) is 10.6. The number of aryl methyl sites for hydroxylation is 1. The average molecular weight is 283 g/mol. The minimum atomic E-state index is -0.531. The Morgan fingerprint density at radius 2 is 2.25 bits per heavy atom. The molecule has 0 radical (unpaired) electrons. The lowest BCUT2D eigenvalue weighted by atomic mass is 10.1. The van der Waals surface area contributed by atoms with Crippen molar-refractivity contribution in [1.29, 1.82) is 0 Å². The monoisotopic (exact) mass is 282 g/mol. The Bertz CT molecular complexity index is 528. The van der Waals surface area contributed by atoms with Gasteiger partial charge in [0.25, 0.3) is 0 Å². The van der Waals surface area contributed by atoms with E-state index in [0.717, 1.165) is 4.47 Å². The molecule has 0 N–H and O–H groups in total. The predicted octanol–water partition coefficient (Wildman–Crippen LogP) is 2.89. The number of carbonyl (C=O) groups is 1. The van der Waals surface area contributed by atoms with Gasteiger partial charge in [0.2, 0.25) is 0 Å². The van der Waals surface area contributed by atoms with Gasteiger partial charge >= 0.3 is 0 Å². The first-order valence-corrected chi connectivity index (χ1v) is 5.37. The molecule has 0 unspecified atom stereocenters. The maximum atomic E-state index is 13.5. The number of benzene rings is 1. The molecule has 2 aromatic rings. The number of halogens is 2. The molecule has 0 saturated heterocycles. The van der Waals surface area contributed by atoms with E-state index in [1.165, 1.54) is 10.7 Å². The molecule has 2 rings (SSSR count). The summed E-state index contributed by atoms with van der Waals surface area (Å²) in [6.07, 6.45) is 3.85. The van der Waals surface area contributed by atoms with Crippen molar-refractivity contribution in [3.63, 3.8) is 0 Å². The minimum Gasteiger partial charge on any atom is -0.298 e. The predicted molar refractivity (Wildman–Crippen MR) is 61.3 cm³/mol. The fourth-order valence-electron chi connectivity index (χ4n) is 1.46. The summed E-state index contributed by atoms with van der Waals surface area (Å²) in [5.41, 5.74) is 1.28. The molecule has 0 fully saturated rings. The molecule has 1 aromatic carbocycles. The van der Waals surface area contributed by atoms with E-state index in [0.29, 0.717) is 17.5 Å². The summed E-state index contributed by atoms with van der Waals surface area (Å²) < 4.78 is 15.9. The van der Waals surface area contributed by atoms with Crippen LogP contribution in [0.25, 0.3) is 5.69 Å². The molecule has 0 bridgehead atoms. The van der Waals surface area contributed by atoms with E-state index in [1.54, 1.807) is 25.4 Å². The van der Waals surface area contributed by atoms with Gasteiger partial charge in [-0.05, 0) is 34.5 Å². The lowest BCUT2D eigenvalue weighted by Gasteiger charge is -2.05. The zero-order valence-corrected chi connectivity index (χ0v) is 10.0. The Kier molecular flexibility index (Phi) is 2.87. The zero-order valence-electron chi connectivity index (χ0n) is 8.45. The van der Waals surface area contributed by atoms with Crippen molar-refractivity contribution in [3.05, 3.63) is 45.9 Å². The number of carbonyl (C=O) groups excluding carboxylic acids is 1. The summed E-state index contributed by atoms with van der Waals surface area (Å²) in [6, 6.07) is 3.00. The third-order valence-corrected chi connectivity index (χ3v) is 2.66. The zero-order chi connectivity index (χ0) is 11.7. The molecule has 0 atom stereocenters. The second kappa shape index (κ2) is 4.17. The topological polar surface area (TPSA) is 34.9 Å². The third-order valence-electron chi connectivity index (χ3n) is 2.25. The second-order valence-electron chi connectivity index (χ2n) is 3.38. The molecule has 0 amide bonds. The summed E-state index contributed by atoms with van der Waals surface area (Å²) in [7, 11) is 0. The number of aldehydes is 1. The van der Waals surface area contributed by atoms with Crippen LogP contribution in [-0.4, -0.2) is 16.1 Å². The van der Waals surface area contributed by atoms with Crippen LogP contribution in [0.3, 0.4) is 0 Å². The van der Waals surface area contributed by atoms with Crippen molar-refractivity contribution >= 4 is 22.2 Å². The highest BCUT2D eigenvalue weighted by Gasteiger charge is 2.08. The molecule has 0 aliphatic rings. The minimum absolute atomic E-state index is 0.0926. The first-order chi connectivity index (χ1) is 7.61. The van der Waals surface area contributed by atoms with Gasteiger partial charge < -0.3 is 0 Å². The highest BCUT2D eigenvalue weighted by Crippen LogP contribution is 2.18. The van der Waals surface area contributed by atoms with E-state index >= 15 is 0 Å². The van der Waals surface area contributed by atoms with Crippen LogP contribution in [0, 0.1) is 12.7 Å². The van der Waals surface area contributed by atoms with E-state index in [4.69, 9.17) is 0 Å². The van der Waals surface area contributed by atoms with Crippen LogP contribution in [0.1, 0.15) is 15.9 Å². The normalized spacial score (nSPS) is 10.4. The molecule has 5 heteroatoms. The van der Waals surface area contributed by atoms with Crippen molar-refractivity contribution in [2.24, 2.45) is 0 Å². The van der Waals surface area contributed by atoms with Gasteiger partial charge in [-0.3, -0.25) is 4.79 Å². The molecule has 1 heterocycles. The van der Waals surface area contributed by atoms with E-state index in [9.17, 15) is 9.18 Å². The fourth-order valence-corrected chi connectivity index (χ4v) is 1.75. The number of rotatable bonds is 2. The Hall–Kier alpha value is -1.49. The smallest absolute Gasteiger partial charge is 0.153 e. The largest absolute Gasteiger partial charge is 0.298 e. The highest BCUT2D eigenvalue weighted by molar-refractivity contribution is 9.10. The van der Waals surface area contributed by atoms with Gasteiger partial charge in [0.15, 0.2) is 6.29 Å². The summed E-state index contributed by atoms with van der Waals surface area (Å²) in [6.45, 7) is 1.69. The number of hydrogen-bond donors (Lipinski definition) is 0. The SMILES string of the molecule is Cc1cc(-n2cc(Br)cn2)cc(F)c1C=O. The summed E-state index contributed by atoms with van der Waals surface area (Å²) in [5.74, 6) is -0.531. The molecule has 0 spiro atoms. The highest BCUT2D eigenvalue weighted by atomic mass is 79.9. The maximum Gasteiger partial charge on any atom is 0.153 e. The van der Waals surface area contributed by atoms with E-state index in [-0.39, 0.29) is 5.56 Å². The van der Waals surface area contributed by atoms with E-state index < -0.39 is 5.82 Å². The van der Waals surface area contributed by atoms with Gasteiger partial charge in [-0.25, -0.2) is 9.07 Å². The first-order valence-electron chi connectivity index (χ1n) is 4.57. The van der Waals surface area contributed by atoms with Crippen molar-refractivity contribution in [3.8, 4) is 5.69 Å². The number of nitrogens with zero attached hydrogens (tertiary/aromatic N) is 2. The van der Waals surface area contributed by atoms with Gasteiger partial charge in [-0.15, -0.1) is 0 Å². The molecule has 0 aliphatic heterocycles. The van der Waals surface area contributed by atoms with Gasteiger partial charge in [-0.1, -0.05) is 0 Å². The van der Waals surface area contributed by atoms with Crippen molar-refractivity contribution in [2.75, 3.05) is 0 Å². The molecule has 0 aliphatic carbocycles. The summed E-state index contributed by atoms with van der Waals surface area (Å²) >= 11 is 3.26. The van der Waals surface area contributed by atoms with Crippen LogP contribution in [0.4, 0.5) is 4.39 Å². The molecule has 1 aromatic heterocycles. The third kappa shape index (κ3) is 1.90. The quantitative estimate of drug-likeness (QED) is 0.794. The molecule has 0 saturated carbocycles. The maximum absolute atomic E-state index is 13.5. The van der Waals surface area contributed by atoms with Crippen LogP contribution < -0.4 is 0 Å². The van der Waals surface area contributed by atoms with Crippen LogP contribution >= 0.6 is 15.9 Å². The van der Waals surface area contributed by atoms with Gasteiger partial charge in [0.1, 0.15) is 5.82 Å². The Morgan fingerprint density at radius 3 is 2.75 bits per heavy atom. The van der Waals surface area contributed by atoms with Crippen molar-refractivity contribution < 1.29 is 9.18 Å². The first kappa shape index (κ1) is 11.0. The van der Waals surface area contributed by atoms with E-state index in [2.05, 4.69) is 21.0 Å². The van der Waals surface area contributed by atoms with Gasteiger partial charge in [-0.2, -0.15) is 5.10 Å². The lowest BCUT2D eigenvalue weighted by Crippen LogP contribution is -2.00. The number of aromatic nitrogens is 2. The van der Waals surface area contributed by atoms with Crippen molar-refractivity contribution in [1.82, 2.24) is 9.78 Å². The molecule has 82 valence electrons. The van der Waals surface area contributed by atoms with Crippen LogP contribution in [0.2, 0.25) is 0 Å². The average Bonchev–Trinajstić information content (AvgIpc) is 2.64. The second-order valence-corrected chi connectivity index (χ2v) is 4.29. The fraction of sp³-hybridized carbons (Fsp3) is 0.0909. The van der Waals surface area contributed by atoms with Crippen LogP contribution in [0.15, 0.2) is 29.0 Å². The Morgan fingerprint density at radius 1 is 1.50 bits per heavy atom. The lowest BCUT2D eigenvalue weighted by molar-refractivity contribution is 0.111. The number of hydrogen-bond acceptors (Lipinski definition) is 2. The van der Waals surface area contributed by atoms with Crippen LogP contribution in [0.5, 0.6) is 0 Å². The van der Waals surface area contributed by atoms with E-state index in [1.807, 2.05) is 0 Å². The standard InChI is InChI=1S/C11H8BrFN2O/c1-7-2-9(3-11(13)10(7)6-16)15-5-8(12)4-14-15/h2-6H,1H3. The van der Waals surface area contributed by atoms with Gasteiger partial charge in [0, 0.05) is 12.3 Å². The Labute approximate surface area is 100 Å². The van der Waals surface area contributed by atoms with Gasteiger partial charge in [0.05, 0.1) is 21.9 Å². The molecule has 16 heavy (non-hydrogen) atoms. The summed E-state index contributed by atoms with van der Waals surface area (Å²) in [5, 5.41) is 4.04. The van der Waals surface area contributed by atoms with Crippen molar-refractivity contribution in [2.45, 2.75) is 6.92 Å². The van der Waals surface area contributed by atoms with Crippen LogP contribution in [-0.2, 0) is 0 Å². The molecular formula is C11H8BrFN2O. The molecular weight excluding hydrogens is 275 g/mol.